The second kappa shape index (κ2) is 8.11. The molecule has 1 aliphatic carbocycles. The number of aromatic nitrogens is 4. The zero-order valence-electron chi connectivity index (χ0n) is 18.7. The molecule has 1 aliphatic heterocycles. The number of carbonyl (C=O) groups excluding carboxylic acids is 2. The number of hydrogen-bond donors (Lipinski definition) is 1. The molecular formula is C23H30N6O3. The quantitative estimate of drug-likeness (QED) is 0.635. The van der Waals surface area contributed by atoms with E-state index in [-0.39, 0.29) is 42.7 Å². The van der Waals surface area contributed by atoms with Gasteiger partial charge in [-0.15, -0.1) is 5.10 Å². The SMILES string of the molecule is C[C@@H]1CCC[C@@H](C)N1C(=O)Cn1c2ccccc2n2c(=O)n(CC(=O)NCC3CC3)nc12. The molecular weight excluding hydrogens is 408 g/mol. The maximum Gasteiger partial charge on any atom is 0.352 e. The molecule has 32 heavy (non-hydrogen) atoms. The van der Waals surface area contributed by atoms with E-state index < -0.39 is 0 Å². The van der Waals surface area contributed by atoms with Crippen LogP contribution in [-0.2, 0) is 22.7 Å². The fourth-order valence-corrected chi connectivity index (χ4v) is 4.93. The van der Waals surface area contributed by atoms with Crippen LogP contribution in [0.1, 0.15) is 46.0 Å². The maximum atomic E-state index is 13.3. The van der Waals surface area contributed by atoms with Gasteiger partial charge in [0.2, 0.25) is 17.6 Å². The van der Waals surface area contributed by atoms with Gasteiger partial charge in [-0.1, -0.05) is 12.1 Å². The average Bonchev–Trinajstić information content (AvgIpc) is 3.48. The minimum Gasteiger partial charge on any atom is -0.354 e. The highest BCUT2D eigenvalue weighted by molar-refractivity contribution is 5.85. The summed E-state index contributed by atoms with van der Waals surface area (Å²) < 4.78 is 4.49. The predicted octanol–water partition coefficient (Wildman–Crippen LogP) is 1.77. The largest absolute Gasteiger partial charge is 0.354 e. The van der Waals surface area contributed by atoms with Crippen LogP contribution < -0.4 is 11.0 Å². The lowest BCUT2D eigenvalue weighted by Gasteiger charge is -2.39. The van der Waals surface area contributed by atoms with E-state index in [0.29, 0.717) is 23.8 Å². The molecule has 9 heteroatoms. The molecule has 1 saturated heterocycles. The van der Waals surface area contributed by atoms with E-state index in [9.17, 15) is 14.4 Å². The van der Waals surface area contributed by atoms with Crippen LogP contribution in [0.15, 0.2) is 29.1 Å². The summed E-state index contributed by atoms with van der Waals surface area (Å²) >= 11 is 0. The molecule has 0 bridgehead atoms. The lowest BCUT2D eigenvalue weighted by atomic mass is 9.97. The molecule has 5 rings (SSSR count). The fraction of sp³-hybridized carbons (Fsp3) is 0.565. The average molecular weight is 439 g/mol. The van der Waals surface area contributed by atoms with Crippen molar-refractivity contribution in [2.24, 2.45) is 5.92 Å². The number of rotatable bonds is 6. The molecule has 2 aromatic heterocycles. The van der Waals surface area contributed by atoms with Gasteiger partial charge < -0.3 is 10.2 Å². The fourth-order valence-electron chi connectivity index (χ4n) is 4.93. The number of imidazole rings is 1. The molecule has 0 radical (unpaired) electrons. The Morgan fingerprint density at radius 1 is 1.03 bits per heavy atom. The van der Waals surface area contributed by atoms with Crippen molar-refractivity contribution in [3.8, 4) is 0 Å². The van der Waals surface area contributed by atoms with E-state index in [4.69, 9.17) is 0 Å². The van der Waals surface area contributed by atoms with Crippen LogP contribution >= 0.6 is 0 Å². The summed E-state index contributed by atoms with van der Waals surface area (Å²) in [6.45, 7) is 4.81. The third-order valence-corrected chi connectivity index (χ3v) is 6.83. The summed E-state index contributed by atoms with van der Waals surface area (Å²) in [7, 11) is 0. The third kappa shape index (κ3) is 3.69. The number of amides is 2. The van der Waals surface area contributed by atoms with Crippen LogP contribution in [0.2, 0.25) is 0 Å². The van der Waals surface area contributed by atoms with Gasteiger partial charge >= 0.3 is 5.69 Å². The number of hydrogen-bond acceptors (Lipinski definition) is 4. The zero-order valence-corrected chi connectivity index (χ0v) is 18.7. The van der Waals surface area contributed by atoms with Crippen molar-refractivity contribution in [2.45, 2.75) is 71.1 Å². The number of nitrogens with one attached hydrogen (secondary N) is 1. The maximum absolute atomic E-state index is 13.3. The van der Waals surface area contributed by atoms with Crippen molar-refractivity contribution in [2.75, 3.05) is 6.54 Å². The third-order valence-electron chi connectivity index (χ3n) is 6.83. The molecule has 2 atom stereocenters. The number of benzene rings is 1. The first-order valence-electron chi connectivity index (χ1n) is 11.6. The van der Waals surface area contributed by atoms with Gasteiger partial charge in [-0.25, -0.2) is 13.9 Å². The molecule has 0 unspecified atom stereocenters. The van der Waals surface area contributed by atoms with Crippen molar-refractivity contribution < 1.29 is 9.59 Å². The molecule has 3 heterocycles. The van der Waals surface area contributed by atoms with Crippen molar-refractivity contribution in [3.63, 3.8) is 0 Å². The Hall–Kier alpha value is -3.10. The summed E-state index contributed by atoms with van der Waals surface area (Å²) in [5, 5.41) is 7.34. The topological polar surface area (TPSA) is 93.6 Å². The molecule has 9 nitrogen and oxygen atoms in total. The molecule has 2 amide bonds. The zero-order chi connectivity index (χ0) is 22.4. The van der Waals surface area contributed by atoms with Gasteiger partial charge in [0.25, 0.3) is 0 Å². The molecule has 1 aromatic carbocycles. The normalized spacial score (nSPS) is 21.4. The van der Waals surface area contributed by atoms with Gasteiger partial charge in [0.05, 0.1) is 11.0 Å². The highest BCUT2D eigenvalue weighted by Crippen LogP contribution is 2.27. The molecule has 2 fully saturated rings. The summed E-state index contributed by atoms with van der Waals surface area (Å²) in [5.74, 6) is 0.757. The van der Waals surface area contributed by atoms with Crippen LogP contribution in [-0.4, -0.2) is 54.1 Å². The first kappa shape index (κ1) is 20.8. The lowest BCUT2D eigenvalue weighted by Crippen LogP contribution is -2.48. The highest BCUT2D eigenvalue weighted by atomic mass is 16.2. The van der Waals surface area contributed by atoms with E-state index in [1.165, 1.54) is 9.08 Å². The van der Waals surface area contributed by atoms with Gasteiger partial charge in [-0.2, -0.15) is 0 Å². The number of likely N-dealkylation sites (tertiary alicyclic amines) is 1. The summed E-state index contributed by atoms with van der Waals surface area (Å²) in [6, 6.07) is 7.87. The number of para-hydroxylation sites is 2. The van der Waals surface area contributed by atoms with Gasteiger partial charge in [0.15, 0.2) is 0 Å². The van der Waals surface area contributed by atoms with Gasteiger partial charge in [-0.05, 0) is 64.0 Å². The molecule has 2 aliphatic rings. The van der Waals surface area contributed by atoms with Crippen LogP contribution in [0, 0.1) is 5.92 Å². The van der Waals surface area contributed by atoms with Crippen LogP contribution in [0.5, 0.6) is 0 Å². The second-order valence-electron chi connectivity index (χ2n) is 9.33. The van der Waals surface area contributed by atoms with Crippen molar-refractivity contribution in [3.05, 3.63) is 34.7 Å². The molecule has 0 spiro atoms. The van der Waals surface area contributed by atoms with Crippen molar-refractivity contribution in [1.82, 2.24) is 29.0 Å². The van der Waals surface area contributed by atoms with Crippen LogP contribution in [0.25, 0.3) is 16.8 Å². The van der Waals surface area contributed by atoms with Crippen LogP contribution in [0.4, 0.5) is 0 Å². The van der Waals surface area contributed by atoms with E-state index in [1.807, 2.05) is 29.2 Å². The summed E-state index contributed by atoms with van der Waals surface area (Å²) in [6.07, 6.45) is 5.43. The number of fused-ring (bicyclic) bond motifs is 3. The minimum atomic E-state index is -0.372. The molecule has 1 saturated carbocycles. The summed E-state index contributed by atoms with van der Waals surface area (Å²) in [4.78, 5) is 40.7. The van der Waals surface area contributed by atoms with Crippen LogP contribution in [0.3, 0.4) is 0 Å². The minimum absolute atomic E-state index is 0.0251. The Morgan fingerprint density at radius 2 is 1.72 bits per heavy atom. The van der Waals surface area contributed by atoms with E-state index in [0.717, 1.165) is 37.6 Å². The Bertz CT molecular complexity index is 1220. The first-order chi connectivity index (χ1) is 15.4. The number of piperidine rings is 1. The lowest BCUT2D eigenvalue weighted by molar-refractivity contribution is -0.137. The second-order valence-corrected chi connectivity index (χ2v) is 9.33. The Labute approximate surface area is 186 Å². The Balaban J connectivity index is 1.49. The highest BCUT2D eigenvalue weighted by Gasteiger charge is 2.30. The van der Waals surface area contributed by atoms with E-state index >= 15 is 0 Å². The Morgan fingerprint density at radius 3 is 2.41 bits per heavy atom. The molecule has 1 N–H and O–H groups in total. The van der Waals surface area contributed by atoms with Crippen molar-refractivity contribution >= 4 is 28.6 Å². The standard InChI is InChI=1S/C23H30N6O3/c1-15-6-5-7-16(2)28(15)21(31)14-26-18-8-3-4-9-19(18)29-22(26)25-27(23(29)32)13-20(30)24-12-17-10-11-17/h3-4,8-9,15-17H,5-7,10-14H2,1-2H3,(H,24,30)/t15-,16-/m1/s1. The Kier molecular flexibility index (Phi) is 5.27. The number of nitrogens with zero attached hydrogens (tertiary/aromatic N) is 5. The van der Waals surface area contributed by atoms with E-state index in [1.54, 1.807) is 4.57 Å². The van der Waals surface area contributed by atoms with Crippen molar-refractivity contribution in [1.29, 1.82) is 0 Å². The van der Waals surface area contributed by atoms with Gasteiger partial charge in [0.1, 0.15) is 13.1 Å². The van der Waals surface area contributed by atoms with E-state index in [2.05, 4.69) is 24.3 Å². The smallest absolute Gasteiger partial charge is 0.352 e. The molecule has 170 valence electrons. The molecule has 3 aromatic rings. The number of carbonyl (C=O) groups is 2. The summed E-state index contributed by atoms with van der Waals surface area (Å²) in [5.41, 5.74) is 1.09. The first-order valence-corrected chi connectivity index (χ1v) is 11.6. The monoisotopic (exact) mass is 438 g/mol. The van der Waals surface area contributed by atoms with Gasteiger partial charge in [0, 0.05) is 18.6 Å². The predicted molar refractivity (Wildman–Crippen MR) is 120 cm³/mol. The van der Waals surface area contributed by atoms with Gasteiger partial charge in [-0.3, -0.25) is 14.2 Å².